The Morgan fingerprint density at radius 3 is 2.26 bits per heavy atom. The van der Waals surface area contributed by atoms with Crippen molar-refractivity contribution in [3.8, 4) is 0 Å². The van der Waals surface area contributed by atoms with Crippen LogP contribution in [0.3, 0.4) is 0 Å². The van der Waals surface area contributed by atoms with Gasteiger partial charge in [0.15, 0.2) is 0 Å². The maximum Gasteiger partial charge on any atom is 0.218 e. The van der Waals surface area contributed by atoms with Gasteiger partial charge in [-0.2, -0.15) is 0 Å². The predicted molar refractivity (Wildman–Crippen MR) is 74.9 cm³/mol. The molecule has 1 saturated carbocycles. The van der Waals surface area contributed by atoms with E-state index in [1.54, 1.807) is 31.3 Å². The van der Waals surface area contributed by atoms with Crippen molar-refractivity contribution in [3.63, 3.8) is 0 Å². The van der Waals surface area contributed by atoms with Crippen LogP contribution in [-0.2, 0) is 22.4 Å². The zero-order valence-corrected chi connectivity index (χ0v) is 12.2. The minimum absolute atomic E-state index is 0.0201. The Bertz CT molecular complexity index is 520. The van der Waals surface area contributed by atoms with E-state index in [1.807, 2.05) is 6.92 Å². The fourth-order valence-corrected chi connectivity index (χ4v) is 3.68. The van der Waals surface area contributed by atoms with Crippen LogP contribution in [0.15, 0.2) is 24.3 Å². The van der Waals surface area contributed by atoms with Crippen LogP contribution in [0, 0.1) is 5.92 Å². The molecule has 106 valence electrons. The minimum atomic E-state index is -3.27. The maximum absolute atomic E-state index is 12.3. The summed E-state index contributed by atoms with van der Waals surface area (Å²) >= 11 is 0. The SMILES string of the molecule is CC(C1CC1)N(C)S(=O)(=O)Cc1ccc(CO)cc1. The van der Waals surface area contributed by atoms with E-state index in [9.17, 15) is 8.42 Å². The first-order valence-corrected chi connectivity index (χ1v) is 8.19. The molecule has 0 heterocycles. The molecule has 2 rings (SSSR count). The summed E-state index contributed by atoms with van der Waals surface area (Å²) in [5, 5.41) is 8.96. The summed E-state index contributed by atoms with van der Waals surface area (Å²) in [6, 6.07) is 7.13. The molecule has 0 bridgehead atoms. The summed E-state index contributed by atoms with van der Waals surface area (Å²) in [5.41, 5.74) is 1.55. The van der Waals surface area contributed by atoms with Crippen LogP contribution in [0.4, 0.5) is 0 Å². The van der Waals surface area contributed by atoms with E-state index in [0.29, 0.717) is 5.92 Å². The number of nitrogens with zero attached hydrogens (tertiary/aromatic N) is 1. The highest BCUT2D eigenvalue weighted by Gasteiger charge is 2.35. The molecule has 0 amide bonds. The van der Waals surface area contributed by atoms with E-state index in [2.05, 4.69) is 0 Å². The fraction of sp³-hybridized carbons (Fsp3) is 0.571. The molecular weight excluding hydrogens is 262 g/mol. The highest BCUT2D eigenvalue weighted by Crippen LogP contribution is 2.35. The van der Waals surface area contributed by atoms with E-state index in [0.717, 1.165) is 24.0 Å². The average Bonchev–Trinajstić information content (AvgIpc) is 3.22. The lowest BCUT2D eigenvalue weighted by Crippen LogP contribution is -2.37. The molecule has 1 aliphatic carbocycles. The van der Waals surface area contributed by atoms with Gasteiger partial charge in [-0.3, -0.25) is 0 Å². The molecule has 1 N–H and O–H groups in total. The van der Waals surface area contributed by atoms with Gasteiger partial charge in [-0.25, -0.2) is 12.7 Å². The Labute approximate surface area is 115 Å². The average molecular weight is 283 g/mol. The van der Waals surface area contributed by atoms with Crippen LogP contribution in [0.5, 0.6) is 0 Å². The first-order chi connectivity index (χ1) is 8.94. The van der Waals surface area contributed by atoms with Crippen molar-refractivity contribution in [2.24, 2.45) is 5.92 Å². The van der Waals surface area contributed by atoms with Crippen molar-refractivity contribution in [3.05, 3.63) is 35.4 Å². The first-order valence-electron chi connectivity index (χ1n) is 6.58. The number of hydrogen-bond donors (Lipinski definition) is 1. The van der Waals surface area contributed by atoms with E-state index in [1.165, 1.54) is 4.31 Å². The second-order valence-electron chi connectivity index (χ2n) is 5.33. The van der Waals surface area contributed by atoms with Crippen LogP contribution in [0.1, 0.15) is 30.9 Å². The van der Waals surface area contributed by atoms with Crippen molar-refractivity contribution < 1.29 is 13.5 Å². The fourth-order valence-electron chi connectivity index (χ4n) is 2.18. The Hall–Kier alpha value is -0.910. The van der Waals surface area contributed by atoms with Gasteiger partial charge in [0.1, 0.15) is 0 Å². The Balaban J connectivity index is 2.06. The summed E-state index contributed by atoms with van der Waals surface area (Å²) < 4.78 is 26.1. The Morgan fingerprint density at radius 2 is 1.79 bits per heavy atom. The summed E-state index contributed by atoms with van der Waals surface area (Å²) in [5.74, 6) is 0.545. The van der Waals surface area contributed by atoms with Gasteiger partial charge < -0.3 is 5.11 Å². The second kappa shape index (κ2) is 5.61. The highest BCUT2D eigenvalue weighted by molar-refractivity contribution is 7.88. The van der Waals surface area contributed by atoms with Gasteiger partial charge >= 0.3 is 0 Å². The molecule has 0 radical (unpaired) electrons. The predicted octanol–water partition coefficient (Wildman–Crippen LogP) is 1.74. The lowest BCUT2D eigenvalue weighted by atomic mass is 10.2. The van der Waals surface area contributed by atoms with Crippen molar-refractivity contribution >= 4 is 10.0 Å². The standard InChI is InChI=1S/C14H21NO3S/c1-11(14-7-8-14)15(2)19(17,18)10-13-5-3-12(9-16)4-6-13/h3-6,11,14,16H,7-10H2,1-2H3. The molecule has 0 spiro atoms. The van der Waals surface area contributed by atoms with E-state index in [-0.39, 0.29) is 18.4 Å². The van der Waals surface area contributed by atoms with Gasteiger partial charge in [-0.05, 0) is 36.8 Å². The molecule has 19 heavy (non-hydrogen) atoms. The molecular formula is C14H21NO3S. The van der Waals surface area contributed by atoms with Crippen LogP contribution in [-0.4, -0.2) is 30.9 Å². The van der Waals surface area contributed by atoms with Crippen LogP contribution < -0.4 is 0 Å². The molecule has 4 nitrogen and oxygen atoms in total. The lowest BCUT2D eigenvalue weighted by Gasteiger charge is -2.24. The number of aliphatic hydroxyl groups is 1. The lowest BCUT2D eigenvalue weighted by molar-refractivity contribution is 0.282. The smallest absolute Gasteiger partial charge is 0.218 e. The molecule has 1 aromatic rings. The molecule has 0 aliphatic heterocycles. The molecule has 1 atom stereocenters. The van der Waals surface area contributed by atoms with Crippen molar-refractivity contribution in [2.75, 3.05) is 7.05 Å². The largest absolute Gasteiger partial charge is 0.392 e. The zero-order valence-electron chi connectivity index (χ0n) is 11.4. The molecule has 1 aromatic carbocycles. The third kappa shape index (κ3) is 3.55. The normalized spacial score (nSPS) is 17.7. The third-order valence-corrected chi connectivity index (χ3v) is 5.78. The van der Waals surface area contributed by atoms with Gasteiger partial charge in [-0.15, -0.1) is 0 Å². The summed E-state index contributed by atoms with van der Waals surface area (Å²) in [7, 11) is -1.60. The molecule has 0 aromatic heterocycles. The van der Waals surface area contributed by atoms with Gasteiger partial charge in [0.05, 0.1) is 12.4 Å². The van der Waals surface area contributed by atoms with Crippen molar-refractivity contribution in [1.29, 1.82) is 0 Å². The second-order valence-corrected chi connectivity index (χ2v) is 7.35. The third-order valence-electron chi connectivity index (χ3n) is 3.87. The van der Waals surface area contributed by atoms with Crippen LogP contribution in [0.2, 0.25) is 0 Å². The minimum Gasteiger partial charge on any atom is -0.392 e. The van der Waals surface area contributed by atoms with E-state index in [4.69, 9.17) is 5.11 Å². The Kier molecular flexibility index (Phi) is 4.28. The van der Waals surface area contributed by atoms with Crippen molar-refractivity contribution in [1.82, 2.24) is 4.31 Å². The molecule has 1 unspecified atom stereocenters. The van der Waals surface area contributed by atoms with E-state index < -0.39 is 10.0 Å². The van der Waals surface area contributed by atoms with Gasteiger partial charge in [0.2, 0.25) is 10.0 Å². The topological polar surface area (TPSA) is 57.6 Å². The zero-order chi connectivity index (χ0) is 14.0. The number of benzene rings is 1. The summed E-state index contributed by atoms with van der Waals surface area (Å²) in [6.45, 7) is 1.95. The number of rotatable bonds is 6. The van der Waals surface area contributed by atoms with E-state index >= 15 is 0 Å². The molecule has 5 heteroatoms. The van der Waals surface area contributed by atoms with Gasteiger partial charge in [-0.1, -0.05) is 24.3 Å². The quantitative estimate of drug-likeness (QED) is 0.865. The highest BCUT2D eigenvalue weighted by atomic mass is 32.2. The maximum atomic E-state index is 12.3. The first kappa shape index (κ1) is 14.5. The Morgan fingerprint density at radius 1 is 1.26 bits per heavy atom. The number of aliphatic hydroxyl groups excluding tert-OH is 1. The summed E-state index contributed by atoms with van der Waals surface area (Å²) in [6.07, 6.45) is 2.26. The molecule has 0 saturated heterocycles. The monoisotopic (exact) mass is 283 g/mol. The van der Waals surface area contributed by atoms with Crippen molar-refractivity contribution in [2.45, 2.75) is 38.2 Å². The van der Waals surface area contributed by atoms with Crippen LogP contribution >= 0.6 is 0 Å². The number of hydrogen-bond acceptors (Lipinski definition) is 3. The summed E-state index contributed by atoms with van der Waals surface area (Å²) in [4.78, 5) is 0. The van der Waals surface area contributed by atoms with Gasteiger partial charge in [0, 0.05) is 13.1 Å². The molecule has 1 fully saturated rings. The van der Waals surface area contributed by atoms with Gasteiger partial charge in [0.25, 0.3) is 0 Å². The van der Waals surface area contributed by atoms with Crippen LogP contribution in [0.25, 0.3) is 0 Å². The molecule has 1 aliphatic rings. The number of sulfonamides is 1.